The lowest BCUT2D eigenvalue weighted by Gasteiger charge is -2.15. The second-order valence-electron chi connectivity index (χ2n) is 4.91. The van der Waals surface area contributed by atoms with Crippen LogP contribution >= 0.6 is 0 Å². The van der Waals surface area contributed by atoms with Gasteiger partial charge < -0.3 is 14.7 Å². The molecule has 0 amide bonds. The highest BCUT2D eigenvalue weighted by Gasteiger charge is 2.29. The molecule has 0 bridgehead atoms. The molecule has 108 valence electrons. The topological polar surface area (TPSA) is 50.7 Å². The first kappa shape index (κ1) is 13.5. The third-order valence-corrected chi connectivity index (χ3v) is 3.65. The number of phenols is 1. The maximum Gasteiger partial charge on any atom is 0.127 e. The molecular formula is C17H17NO3. The molecule has 4 nitrogen and oxygen atoms in total. The summed E-state index contributed by atoms with van der Waals surface area (Å²) in [4.78, 5) is 5.49. The molecule has 1 heterocycles. The van der Waals surface area contributed by atoms with Crippen LogP contribution in [0.25, 0.3) is 5.57 Å². The van der Waals surface area contributed by atoms with Crippen molar-refractivity contribution in [3.63, 3.8) is 0 Å². The molecule has 0 fully saturated rings. The molecule has 0 aliphatic carbocycles. The van der Waals surface area contributed by atoms with E-state index < -0.39 is 0 Å². The molecule has 1 atom stereocenters. The summed E-state index contributed by atoms with van der Waals surface area (Å²) in [7, 11) is 1.64. The first-order valence-corrected chi connectivity index (χ1v) is 6.76. The summed E-state index contributed by atoms with van der Waals surface area (Å²) in [6.45, 7) is 1.91. The van der Waals surface area contributed by atoms with Crippen LogP contribution in [0.15, 0.2) is 54.3 Å². The quantitative estimate of drug-likeness (QED) is 0.906. The average molecular weight is 283 g/mol. The van der Waals surface area contributed by atoms with Gasteiger partial charge in [0.1, 0.15) is 23.3 Å². The minimum atomic E-state index is -0.195. The molecule has 1 aliphatic rings. The SMILES string of the molecule is COc1ccc(C2=C(C)ONC2c2ccccc2O)cc1. The van der Waals surface area contributed by atoms with Crippen LogP contribution < -0.4 is 10.2 Å². The first-order chi connectivity index (χ1) is 10.2. The lowest BCUT2D eigenvalue weighted by Crippen LogP contribution is -2.15. The van der Waals surface area contributed by atoms with E-state index in [0.717, 1.165) is 28.2 Å². The van der Waals surface area contributed by atoms with Gasteiger partial charge in [0.2, 0.25) is 0 Å². The Morgan fingerprint density at radius 1 is 1.10 bits per heavy atom. The van der Waals surface area contributed by atoms with Crippen molar-refractivity contribution in [2.24, 2.45) is 0 Å². The molecule has 0 aromatic heterocycles. The zero-order valence-corrected chi connectivity index (χ0v) is 12.0. The highest BCUT2D eigenvalue weighted by Crippen LogP contribution is 2.40. The van der Waals surface area contributed by atoms with E-state index in [0.29, 0.717) is 0 Å². The Morgan fingerprint density at radius 3 is 2.48 bits per heavy atom. The molecule has 2 aromatic carbocycles. The van der Waals surface area contributed by atoms with Crippen molar-refractivity contribution in [2.45, 2.75) is 13.0 Å². The number of aromatic hydroxyl groups is 1. The van der Waals surface area contributed by atoms with Crippen LogP contribution in [0.5, 0.6) is 11.5 Å². The summed E-state index contributed by atoms with van der Waals surface area (Å²) in [6.07, 6.45) is 0. The Kier molecular flexibility index (Phi) is 3.54. The van der Waals surface area contributed by atoms with Gasteiger partial charge in [0.15, 0.2) is 0 Å². The van der Waals surface area contributed by atoms with Crippen LogP contribution in [0.3, 0.4) is 0 Å². The first-order valence-electron chi connectivity index (χ1n) is 6.76. The summed E-state index contributed by atoms with van der Waals surface area (Å²) in [5.41, 5.74) is 5.81. The zero-order valence-electron chi connectivity index (χ0n) is 12.0. The number of hydroxylamine groups is 1. The molecular weight excluding hydrogens is 266 g/mol. The largest absolute Gasteiger partial charge is 0.508 e. The standard InChI is InChI=1S/C17H17NO3/c1-11-16(12-7-9-13(20-2)10-8-12)17(18-21-11)14-5-3-4-6-15(14)19/h3-10,17-19H,1-2H3. The number of nitrogens with one attached hydrogen (secondary N) is 1. The van der Waals surface area contributed by atoms with Gasteiger partial charge in [-0.25, -0.2) is 0 Å². The van der Waals surface area contributed by atoms with Gasteiger partial charge in [0, 0.05) is 11.1 Å². The second kappa shape index (κ2) is 5.50. The number of para-hydroxylation sites is 1. The number of methoxy groups -OCH3 is 1. The van der Waals surface area contributed by atoms with Crippen molar-refractivity contribution in [2.75, 3.05) is 7.11 Å². The Balaban J connectivity index is 2.02. The van der Waals surface area contributed by atoms with Gasteiger partial charge in [-0.05, 0) is 30.7 Å². The van der Waals surface area contributed by atoms with E-state index in [1.165, 1.54) is 0 Å². The number of ether oxygens (including phenoxy) is 1. The van der Waals surface area contributed by atoms with Crippen molar-refractivity contribution in [1.29, 1.82) is 0 Å². The Bertz CT molecular complexity index is 677. The number of benzene rings is 2. The number of rotatable bonds is 3. The monoisotopic (exact) mass is 283 g/mol. The van der Waals surface area contributed by atoms with Crippen LogP contribution in [-0.2, 0) is 4.84 Å². The molecule has 2 aromatic rings. The normalized spacial score (nSPS) is 17.7. The molecule has 1 unspecified atom stereocenters. The number of hydrogen-bond acceptors (Lipinski definition) is 4. The third kappa shape index (κ3) is 2.45. The van der Waals surface area contributed by atoms with E-state index in [1.54, 1.807) is 19.2 Å². The van der Waals surface area contributed by atoms with Gasteiger partial charge in [-0.2, -0.15) is 0 Å². The van der Waals surface area contributed by atoms with Crippen molar-refractivity contribution >= 4 is 5.57 Å². The molecule has 0 radical (unpaired) electrons. The smallest absolute Gasteiger partial charge is 0.127 e. The van der Waals surface area contributed by atoms with Crippen LogP contribution in [0.1, 0.15) is 24.1 Å². The highest BCUT2D eigenvalue weighted by atomic mass is 16.7. The van der Waals surface area contributed by atoms with E-state index in [-0.39, 0.29) is 11.8 Å². The van der Waals surface area contributed by atoms with Gasteiger partial charge in [-0.3, -0.25) is 0 Å². The van der Waals surface area contributed by atoms with Gasteiger partial charge in [-0.15, -0.1) is 5.48 Å². The summed E-state index contributed by atoms with van der Waals surface area (Å²) in [6, 6.07) is 14.9. The lowest BCUT2D eigenvalue weighted by molar-refractivity contribution is 0.117. The predicted molar refractivity (Wildman–Crippen MR) is 80.7 cm³/mol. The van der Waals surface area contributed by atoms with E-state index in [1.807, 2.05) is 43.3 Å². The summed E-state index contributed by atoms with van der Waals surface area (Å²) in [5, 5.41) is 10.1. The fourth-order valence-electron chi connectivity index (χ4n) is 2.56. The highest BCUT2D eigenvalue weighted by molar-refractivity contribution is 5.75. The van der Waals surface area contributed by atoms with Crippen molar-refractivity contribution < 1.29 is 14.7 Å². The summed E-state index contributed by atoms with van der Waals surface area (Å²) < 4.78 is 5.19. The minimum absolute atomic E-state index is 0.195. The van der Waals surface area contributed by atoms with E-state index in [2.05, 4.69) is 5.48 Å². The van der Waals surface area contributed by atoms with Crippen LogP contribution in [0, 0.1) is 0 Å². The lowest BCUT2D eigenvalue weighted by atomic mass is 9.92. The van der Waals surface area contributed by atoms with Gasteiger partial charge in [-0.1, -0.05) is 30.3 Å². The molecule has 0 saturated heterocycles. The van der Waals surface area contributed by atoms with E-state index in [4.69, 9.17) is 9.57 Å². The average Bonchev–Trinajstić information content (AvgIpc) is 2.89. The maximum absolute atomic E-state index is 10.1. The van der Waals surface area contributed by atoms with Crippen LogP contribution in [0.4, 0.5) is 0 Å². The van der Waals surface area contributed by atoms with Gasteiger partial charge in [0.25, 0.3) is 0 Å². The maximum atomic E-state index is 10.1. The summed E-state index contributed by atoms with van der Waals surface area (Å²) >= 11 is 0. The minimum Gasteiger partial charge on any atom is -0.508 e. The second-order valence-corrected chi connectivity index (χ2v) is 4.91. The zero-order chi connectivity index (χ0) is 14.8. The molecule has 4 heteroatoms. The Hall–Kier alpha value is -2.46. The third-order valence-electron chi connectivity index (χ3n) is 3.65. The predicted octanol–water partition coefficient (Wildman–Crippen LogP) is 3.41. The number of hydrogen-bond donors (Lipinski definition) is 2. The fraction of sp³-hybridized carbons (Fsp3) is 0.176. The molecule has 1 aliphatic heterocycles. The number of allylic oxidation sites excluding steroid dienone is 1. The summed E-state index contributed by atoms with van der Waals surface area (Å²) in [5.74, 6) is 1.86. The van der Waals surface area contributed by atoms with Gasteiger partial charge in [0.05, 0.1) is 7.11 Å². The fourth-order valence-corrected chi connectivity index (χ4v) is 2.56. The Morgan fingerprint density at radius 2 is 1.81 bits per heavy atom. The van der Waals surface area contributed by atoms with Crippen molar-refractivity contribution in [1.82, 2.24) is 5.48 Å². The number of phenolic OH excluding ortho intramolecular Hbond substituents is 1. The molecule has 0 spiro atoms. The van der Waals surface area contributed by atoms with Crippen molar-refractivity contribution in [3.8, 4) is 11.5 Å². The van der Waals surface area contributed by atoms with Crippen LogP contribution in [-0.4, -0.2) is 12.2 Å². The molecule has 2 N–H and O–H groups in total. The molecule has 21 heavy (non-hydrogen) atoms. The Labute approximate surface area is 123 Å². The van der Waals surface area contributed by atoms with E-state index >= 15 is 0 Å². The molecule has 3 rings (SSSR count). The van der Waals surface area contributed by atoms with Crippen LogP contribution in [0.2, 0.25) is 0 Å². The van der Waals surface area contributed by atoms with E-state index in [9.17, 15) is 5.11 Å². The van der Waals surface area contributed by atoms with Crippen molar-refractivity contribution in [3.05, 3.63) is 65.4 Å². The van der Waals surface area contributed by atoms with Gasteiger partial charge >= 0.3 is 0 Å². The molecule has 0 saturated carbocycles.